The molecule has 2 aromatic heterocycles. The summed E-state index contributed by atoms with van der Waals surface area (Å²) in [4.78, 5) is 12.1. The van der Waals surface area contributed by atoms with Crippen LogP contribution in [0.15, 0.2) is 43.0 Å². The Morgan fingerprint density at radius 1 is 1.15 bits per heavy atom. The van der Waals surface area contributed by atoms with E-state index in [1.165, 1.54) is 5.56 Å². The number of benzene rings is 1. The average molecular weight is 353 g/mol. The van der Waals surface area contributed by atoms with Gasteiger partial charge in [0.05, 0.1) is 12.2 Å². The number of rotatable bonds is 7. The highest BCUT2D eigenvalue weighted by Gasteiger charge is 2.09. The molecule has 1 aromatic carbocycles. The highest BCUT2D eigenvalue weighted by atomic mass is 16.2. The van der Waals surface area contributed by atoms with Gasteiger partial charge in [0.1, 0.15) is 18.5 Å². The number of carbonyl (C=O) groups excluding carboxylic acids is 1. The molecule has 0 fully saturated rings. The lowest BCUT2D eigenvalue weighted by molar-refractivity contribution is 0.251. The summed E-state index contributed by atoms with van der Waals surface area (Å²) >= 11 is 0. The molecule has 136 valence electrons. The van der Waals surface area contributed by atoms with Crippen molar-refractivity contribution in [3.8, 4) is 0 Å². The van der Waals surface area contributed by atoms with E-state index in [1.807, 2.05) is 23.6 Å². The summed E-state index contributed by atoms with van der Waals surface area (Å²) in [6, 6.07) is 9.89. The van der Waals surface area contributed by atoms with Crippen LogP contribution < -0.4 is 10.6 Å². The Kier molecular flexibility index (Phi) is 5.62. The molecule has 26 heavy (non-hydrogen) atoms. The topological polar surface area (TPSA) is 89.7 Å². The van der Waals surface area contributed by atoms with Gasteiger partial charge >= 0.3 is 6.03 Å². The number of aromatic nitrogens is 5. The average Bonchev–Trinajstić information content (AvgIpc) is 3.22. The van der Waals surface area contributed by atoms with Crippen molar-refractivity contribution >= 4 is 11.8 Å². The van der Waals surface area contributed by atoms with Crippen LogP contribution in [0.2, 0.25) is 0 Å². The number of anilines is 1. The fraction of sp³-hybridized carbons (Fsp3) is 0.333. The number of urea groups is 1. The van der Waals surface area contributed by atoms with Crippen molar-refractivity contribution in [2.45, 2.75) is 33.4 Å². The lowest BCUT2D eigenvalue weighted by Crippen LogP contribution is -2.31. The monoisotopic (exact) mass is 353 g/mol. The minimum atomic E-state index is -0.237. The molecule has 0 saturated heterocycles. The molecule has 2 amide bonds. The van der Waals surface area contributed by atoms with E-state index in [0.717, 1.165) is 24.2 Å². The molecule has 2 N–H and O–H groups in total. The molecule has 0 unspecified atom stereocenters. The molecule has 0 aliphatic carbocycles. The smallest absolute Gasteiger partial charge is 0.320 e. The van der Waals surface area contributed by atoms with Crippen molar-refractivity contribution in [2.24, 2.45) is 0 Å². The summed E-state index contributed by atoms with van der Waals surface area (Å²) in [5, 5.41) is 17.7. The fourth-order valence-corrected chi connectivity index (χ4v) is 2.71. The van der Waals surface area contributed by atoms with Gasteiger partial charge < -0.3 is 9.88 Å². The van der Waals surface area contributed by atoms with Crippen LogP contribution in [0, 0.1) is 13.8 Å². The van der Waals surface area contributed by atoms with Gasteiger partial charge in [0, 0.05) is 19.2 Å². The van der Waals surface area contributed by atoms with Crippen molar-refractivity contribution in [1.29, 1.82) is 0 Å². The molecule has 0 bridgehead atoms. The highest BCUT2D eigenvalue weighted by Crippen LogP contribution is 2.14. The molecule has 8 nitrogen and oxygen atoms in total. The molecule has 3 rings (SSSR count). The second-order valence-electron chi connectivity index (χ2n) is 6.25. The van der Waals surface area contributed by atoms with Gasteiger partial charge in [-0.1, -0.05) is 29.8 Å². The molecule has 8 heteroatoms. The number of nitrogens with zero attached hydrogens (tertiary/aromatic N) is 5. The Labute approximate surface area is 152 Å². The van der Waals surface area contributed by atoms with E-state index in [4.69, 9.17) is 0 Å². The van der Waals surface area contributed by atoms with Crippen molar-refractivity contribution in [3.63, 3.8) is 0 Å². The van der Waals surface area contributed by atoms with Crippen LogP contribution in [0.4, 0.5) is 10.6 Å². The lowest BCUT2D eigenvalue weighted by Gasteiger charge is -2.10. The Balaban J connectivity index is 1.53. The first-order valence-electron chi connectivity index (χ1n) is 8.57. The molecule has 0 spiro atoms. The molecular formula is C18H23N7O. The second kappa shape index (κ2) is 8.28. The Morgan fingerprint density at radius 2 is 1.96 bits per heavy atom. The maximum atomic E-state index is 12.1. The minimum Gasteiger partial charge on any atom is -0.338 e. The highest BCUT2D eigenvalue weighted by molar-refractivity contribution is 5.88. The van der Waals surface area contributed by atoms with Gasteiger partial charge in [0.2, 0.25) is 0 Å². The maximum Gasteiger partial charge on any atom is 0.320 e. The van der Waals surface area contributed by atoms with Crippen LogP contribution in [0.1, 0.15) is 23.2 Å². The van der Waals surface area contributed by atoms with E-state index in [0.29, 0.717) is 18.9 Å². The van der Waals surface area contributed by atoms with Gasteiger partial charge in [-0.15, -0.1) is 10.2 Å². The molecule has 0 radical (unpaired) electrons. The first kappa shape index (κ1) is 17.7. The van der Waals surface area contributed by atoms with Gasteiger partial charge in [0.25, 0.3) is 0 Å². The van der Waals surface area contributed by atoms with Gasteiger partial charge in [-0.2, -0.15) is 5.10 Å². The predicted octanol–water partition coefficient (Wildman–Crippen LogP) is 2.35. The first-order chi connectivity index (χ1) is 12.6. The lowest BCUT2D eigenvalue weighted by atomic mass is 10.1. The molecule has 3 aromatic rings. The third kappa shape index (κ3) is 4.92. The molecule has 0 aliphatic heterocycles. The molecular weight excluding hydrogens is 330 g/mol. The summed E-state index contributed by atoms with van der Waals surface area (Å²) in [5.74, 6) is 0.681. The van der Waals surface area contributed by atoms with Crippen LogP contribution in [0.5, 0.6) is 0 Å². The van der Waals surface area contributed by atoms with Gasteiger partial charge in [-0.05, 0) is 25.8 Å². The molecule has 0 atom stereocenters. The standard InChI is InChI=1S/C18H23N7O/c1-14-5-3-6-16(9-14)11-25-17(10-15(2)23-25)22-18(26)19-7-4-8-24-12-20-21-13-24/h3,5-6,9-10,12-13H,4,7-8,11H2,1-2H3,(H2,19,22,26). The maximum absolute atomic E-state index is 12.1. The van der Waals surface area contributed by atoms with Gasteiger partial charge in [0.15, 0.2) is 0 Å². The molecule has 0 aliphatic rings. The van der Waals surface area contributed by atoms with Crippen LogP contribution in [0.3, 0.4) is 0 Å². The van der Waals surface area contributed by atoms with Gasteiger partial charge in [-0.3, -0.25) is 5.32 Å². The van der Waals surface area contributed by atoms with Crippen molar-refractivity contribution in [3.05, 3.63) is 59.8 Å². The van der Waals surface area contributed by atoms with Crippen molar-refractivity contribution in [1.82, 2.24) is 29.9 Å². The number of aryl methyl sites for hydroxylation is 3. The van der Waals surface area contributed by atoms with Crippen LogP contribution in [0.25, 0.3) is 0 Å². The quantitative estimate of drug-likeness (QED) is 0.638. The summed E-state index contributed by atoms with van der Waals surface area (Å²) in [7, 11) is 0. The third-order valence-corrected chi connectivity index (χ3v) is 3.90. The van der Waals surface area contributed by atoms with Crippen molar-refractivity contribution in [2.75, 3.05) is 11.9 Å². The normalized spacial score (nSPS) is 10.7. The van der Waals surface area contributed by atoms with E-state index >= 15 is 0 Å². The SMILES string of the molecule is Cc1cccc(Cn2nc(C)cc2NC(=O)NCCCn2cnnc2)c1. The fourth-order valence-electron chi connectivity index (χ4n) is 2.71. The molecule has 0 saturated carbocycles. The van der Waals surface area contributed by atoms with Crippen molar-refractivity contribution < 1.29 is 4.79 Å². The van der Waals surface area contributed by atoms with E-state index < -0.39 is 0 Å². The Morgan fingerprint density at radius 3 is 2.73 bits per heavy atom. The second-order valence-corrected chi connectivity index (χ2v) is 6.25. The Hall–Kier alpha value is -3.16. The number of hydrogen-bond donors (Lipinski definition) is 2. The first-order valence-corrected chi connectivity index (χ1v) is 8.57. The Bertz CT molecular complexity index is 854. The molecule has 2 heterocycles. The van der Waals surface area contributed by atoms with E-state index in [2.05, 4.69) is 51.1 Å². The zero-order valence-corrected chi connectivity index (χ0v) is 15.0. The summed E-state index contributed by atoms with van der Waals surface area (Å²) in [6.07, 6.45) is 4.12. The largest absolute Gasteiger partial charge is 0.338 e. The third-order valence-electron chi connectivity index (χ3n) is 3.90. The number of amides is 2. The van der Waals surface area contributed by atoms with E-state index in [1.54, 1.807) is 17.3 Å². The zero-order valence-electron chi connectivity index (χ0n) is 15.0. The number of hydrogen-bond acceptors (Lipinski definition) is 4. The van der Waals surface area contributed by atoms with E-state index in [9.17, 15) is 4.79 Å². The van der Waals surface area contributed by atoms with E-state index in [-0.39, 0.29) is 6.03 Å². The van der Waals surface area contributed by atoms with Gasteiger partial charge in [-0.25, -0.2) is 9.48 Å². The zero-order chi connectivity index (χ0) is 18.4. The summed E-state index contributed by atoms with van der Waals surface area (Å²) < 4.78 is 3.68. The number of nitrogens with one attached hydrogen (secondary N) is 2. The van der Waals surface area contributed by atoms with Crippen LogP contribution >= 0.6 is 0 Å². The van der Waals surface area contributed by atoms with Crippen LogP contribution in [-0.2, 0) is 13.1 Å². The van der Waals surface area contributed by atoms with Crippen LogP contribution in [-0.4, -0.2) is 37.1 Å². The number of carbonyl (C=O) groups is 1. The summed E-state index contributed by atoms with van der Waals surface area (Å²) in [5.41, 5.74) is 3.21. The minimum absolute atomic E-state index is 0.237. The predicted molar refractivity (Wildman–Crippen MR) is 98.9 cm³/mol. The summed E-state index contributed by atoms with van der Waals surface area (Å²) in [6.45, 7) is 5.91.